The van der Waals surface area contributed by atoms with Gasteiger partial charge in [-0.2, -0.15) is 10.2 Å². The molecule has 7 heteroatoms. The Balaban J connectivity index is 1.61. The molecule has 1 aromatic heterocycles. The third kappa shape index (κ3) is 3.91. The fraction of sp³-hybridized carbons (Fsp3) is 0.429. The summed E-state index contributed by atoms with van der Waals surface area (Å²) in [4.78, 5) is 24.2. The molecule has 2 aliphatic rings. The molecule has 1 aliphatic carbocycles. The van der Waals surface area contributed by atoms with Gasteiger partial charge in [0.2, 0.25) is 5.95 Å². The molecule has 4 rings (SSSR count). The van der Waals surface area contributed by atoms with Crippen LogP contribution in [0.3, 0.4) is 0 Å². The Labute approximate surface area is 164 Å². The number of anilines is 2. The molecule has 0 saturated heterocycles. The first kappa shape index (κ1) is 18.2. The predicted molar refractivity (Wildman–Crippen MR) is 107 cm³/mol. The molecule has 0 radical (unpaired) electrons. The fourth-order valence-corrected chi connectivity index (χ4v) is 3.35. The number of benzene rings is 1. The third-order valence-electron chi connectivity index (χ3n) is 4.92. The highest BCUT2D eigenvalue weighted by Gasteiger charge is 2.29. The van der Waals surface area contributed by atoms with E-state index in [1.165, 1.54) is 0 Å². The minimum Gasteiger partial charge on any atom is -0.367 e. The van der Waals surface area contributed by atoms with Gasteiger partial charge in [0.05, 0.1) is 23.9 Å². The van der Waals surface area contributed by atoms with Crippen molar-refractivity contribution in [2.45, 2.75) is 51.7 Å². The van der Waals surface area contributed by atoms with Gasteiger partial charge in [-0.05, 0) is 44.9 Å². The second kappa shape index (κ2) is 7.47. The smallest absolute Gasteiger partial charge is 0.254 e. The molecule has 0 atom stereocenters. The van der Waals surface area contributed by atoms with E-state index in [1.807, 2.05) is 4.90 Å². The van der Waals surface area contributed by atoms with Crippen molar-refractivity contribution in [3.63, 3.8) is 0 Å². The molecule has 2 aromatic rings. The van der Waals surface area contributed by atoms with Crippen LogP contribution in [-0.4, -0.2) is 39.4 Å². The summed E-state index contributed by atoms with van der Waals surface area (Å²) in [7, 11) is 0. The van der Waals surface area contributed by atoms with E-state index in [9.17, 15) is 4.79 Å². The van der Waals surface area contributed by atoms with Gasteiger partial charge in [0.1, 0.15) is 5.82 Å². The number of fused-ring (bicyclic) bond motifs is 1. The molecular weight excluding hydrogens is 352 g/mol. The molecule has 1 aliphatic heterocycles. The minimum atomic E-state index is -0.0653. The summed E-state index contributed by atoms with van der Waals surface area (Å²) in [6.45, 7) is 5.20. The Morgan fingerprint density at radius 3 is 2.86 bits per heavy atom. The maximum absolute atomic E-state index is 13.0. The van der Waals surface area contributed by atoms with Crippen LogP contribution in [0, 0.1) is 11.3 Å². The van der Waals surface area contributed by atoms with E-state index in [4.69, 9.17) is 10.2 Å². The van der Waals surface area contributed by atoms with Crippen LogP contribution in [0.25, 0.3) is 0 Å². The number of rotatable bonds is 5. The van der Waals surface area contributed by atoms with E-state index < -0.39 is 0 Å². The summed E-state index contributed by atoms with van der Waals surface area (Å²) >= 11 is 0. The molecule has 2 heterocycles. The van der Waals surface area contributed by atoms with Crippen LogP contribution in [0.4, 0.5) is 11.8 Å². The monoisotopic (exact) mass is 376 g/mol. The molecule has 7 nitrogen and oxygen atoms in total. The minimum absolute atomic E-state index is 0.0653. The Kier molecular flexibility index (Phi) is 4.86. The van der Waals surface area contributed by atoms with Crippen LogP contribution in [0.2, 0.25) is 0 Å². The zero-order valence-corrected chi connectivity index (χ0v) is 16.2. The van der Waals surface area contributed by atoms with Gasteiger partial charge < -0.3 is 15.5 Å². The van der Waals surface area contributed by atoms with E-state index >= 15 is 0 Å². The van der Waals surface area contributed by atoms with Crippen molar-refractivity contribution < 1.29 is 4.79 Å². The Hall–Kier alpha value is -3.14. The predicted octanol–water partition coefficient (Wildman–Crippen LogP) is 2.94. The van der Waals surface area contributed by atoms with E-state index in [0.29, 0.717) is 42.6 Å². The molecule has 1 fully saturated rings. The molecule has 2 N–H and O–H groups in total. The number of nitriles is 1. The number of carbonyl (C=O) groups is 1. The van der Waals surface area contributed by atoms with Crippen molar-refractivity contribution in [2.24, 2.45) is 0 Å². The Bertz CT molecular complexity index is 944. The summed E-state index contributed by atoms with van der Waals surface area (Å²) in [6.07, 6.45) is 2.98. The Morgan fingerprint density at radius 2 is 2.14 bits per heavy atom. The molecule has 28 heavy (non-hydrogen) atoms. The summed E-state index contributed by atoms with van der Waals surface area (Å²) in [6, 6.07) is 9.66. The lowest BCUT2D eigenvalue weighted by Gasteiger charge is -2.30. The SMILES string of the molecule is CC(C)Nc1nc2c(c(NC3CC3)n1)CN(C(=O)c1cccc(C#N)c1)CC2. The average molecular weight is 376 g/mol. The summed E-state index contributed by atoms with van der Waals surface area (Å²) < 4.78 is 0. The first-order valence-corrected chi connectivity index (χ1v) is 9.76. The van der Waals surface area contributed by atoms with Gasteiger partial charge in [0.15, 0.2) is 0 Å². The molecule has 0 bridgehead atoms. The topological polar surface area (TPSA) is 93.9 Å². The highest BCUT2D eigenvalue weighted by molar-refractivity contribution is 5.94. The Morgan fingerprint density at radius 1 is 1.32 bits per heavy atom. The summed E-state index contributed by atoms with van der Waals surface area (Å²) in [5.41, 5.74) is 3.03. The fourth-order valence-electron chi connectivity index (χ4n) is 3.35. The van der Waals surface area contributed by atoms with E-state index in [1.54, 1.807) is 24.3 Å². The van der Waals surface area contributed by atoms with Crippen molar-refractivity contribution in [3.8, 4) is 6.07 Å². The highest BCUT2D eigenvalue weighted by Crippen LogP contribution is 2.31. The van der Waals surface area contributed by atoms with Crippen molar-refractivity contribution >= 4 is 17.7 Å². The van der Waals surface area contributed by atoms with Gasteiger partial charge in [-0.15, -0.1) is 0 Å². The number of hydrogen-bond acceptors (Lipinski definition) is 6. The average Bonchev–Trinajstić information content (AvgIpc) is 3.51. The van der Waals surface area contributed by atoms with Crippen LogP contribution >= 0.6 is 0 Å². The first-order valence-electron chi connectivity index (χ1n) is 9.76. The van der Waals surface area contributed by atoms with Gasteiger partial charge in [0, 0.05) is 36.2 Å². The molecular formula is C21H24N6O. The molecule has 1 amide bonds. The summed E-state index contributed by atoms with van der Waals surface area (Å²) in [5, 5.41) is 15.9. The summed E-state index contributed by atoms with van der Waals surface area (Å²) in [5.74, 6) is 1.40. The highest BCUT2D eigenvalue weighted by atomic mass is 16.2. The normalized spacial score (nSPS) is 15.7. The number of amides is 1. The lowest BCUT2D eigenvalue weighted by atomic mass is 10.0. The number of aromatic nitrogens is 2. The van der Waals surface area contributed by atoms with E-state index in [2.05, 4.69) is 35.5 Å². The number of nitrogens with zero attached hydrogens (tertiary/aromatic N) is 4. The van der Waals surface area contributed by atoms with Crippen molar-refractivity contribution in [1.29, 1.82) is 5.26 Å². The lowest BCUT2D eigenvalue weighted by Crippen LogP contribution is -2.37. The number of carbonyl (C=O) groups excluding carboxylic acids is 1. The van der Waals surface area contributed by atoms with Crippen LogP contribution in [0.1, 0.15) is 53.9 Å². The first-order chi connectivity index (χ1) is 13.5. The zero-order valence-electron chi connectivity index (χ0n) is 16.2. The standard InChI is InChI=1S/C21H24N6O/c1-13(2)23-21-25-18-8-9-27(12-17(18)19(26-21)24-16-6-7-16)20(28)15-5-3-4-14(10-15)11-22/h3-5,10,13,16H,6-9,12H2,1-2H3,(H2,23,24,25,26). The quantitative estimate of drug-likeness (QED) is 0.833. The lowest BCUT2D eigenvalue weighted by molar-refractivity contribution is 0.0734. The van der Waals surface area contributed by atoms with Gasteiger partial charge in [-0.3, -0.25) is 4.79 Å². The third-order valence-corrected chi connectivity index (χ3v) is 4.92. The molecule has 0 spiro atoms. The maximum Gasteiger partial charge on any atom is 0.254 e. The van der Waals surface area contributed by atoms with Crippen molar-refractivity contribution in [2.75, 3.05) is 17.2 Å². The van der Waals surface area contributed by atoms with Crippen LogP contribution in [0.5, 0.6) is 0 Å². The second-order valence-electron chi connectivity index (χ2n) is 7.71. The maximum atomic E-state index is 13.0. The van der Waals surface area contributed by atoms with Gasteiger partial charge >= 0.3 is 0 Å². The number of hydrogen-bond donors (Lipinski definition) is 2. The van der Waals surface area contributed by atoms with E-state index in [-0.39, 0.29) is 11.9 Å². The van der Waals surface area contributed by atoms with Gasteiger partial charge in [-0.1, -0.05) is 6.07 Å². The van der Waals surface area contributed by atoms with Crippen molar-refractivity contribution in [1.82, 2.24) is 14.9 Å². The molecule has 0 unspecified atom stereocenters. The molecule has 1 saturated carbocycles. The van der Waals surface area contributed by atoms with E-state index in [0.717, 1.165) is 29.9 Å². The molecule has 144 valence electrons. The second-order valence-corrected chi connectivity index (χ2v) is 7.71. The van der Waals surface area contributed by atoms with Crippen LogP contribution in [-0.2, 0) is 13.0 Å². The zero-order chi connectivity index (χ0) is 19.7. The van der Waals surface area contributed by atoms with Gasteiger partial charge in [-0.25, -0.2) is 4.98 Å². The van der Waals surface area contributed by atoms with Crippen molar-refractivity contribution in [3.05, 3.63) is 46.6 Å². The number of nitrogens with one attached hydrogen (secondary N) is 2. The van der Waals surface area contributed by atoms with Gasteiger partial charge in [0.25, 0.3) is 5.91 Å². The molecule has 1 aromatic carbocycles. The largest absolute Gasteiger partial charge is 0.367 e. The van der Waals surface area contributed by atoms with Crippen LogP contribution in [0.15, 0.2) is 24.3 Å². The van der Waals surface area contributed by atoms with Crippen LogP contribution < -0.4 is 10.6 Å².